The molecule has 0 N–H and O–H groups in total. The van der Waals surface area contributed by atoms with Gasteiger partial charge in [-0.25, -0.2) is 0 Å². The molecule has 0 radical (unpaired) electrons. The van der Waals surface area contributed by atoms with Crippen LogP contribution in [0.5, 0.6) is 0 Å². The molecule has 9 heteroatoms. The molecule has 1 aliphatic rings. The maximum Gasteiger partial charge on any atom is 0.305 e. The monoisotopic (exact) mass is 904 g/mol. The standard InChI is InChI=1S/C55H109N5O4/c1-6-10-14-18-22-28-34-40-56(41-35-32-26-27-33-39-55(63)64-5)45-46-58(44-38-31-25-21-17-13-9-4)52-54(62)60-49-47-59(48-50-60)53(61)51-57(42-36-29-23-19-15-11-7-2)43-37-30-24-20-16-12-8-3/h6-52H2,1-5H3. The van der Waals surface area contributed by atoms with E-state index in [9.17, 15) is 14.4 Å². The van der Waals surface area contributed by atoms with E-state index in [4.69, 9.17) is 4.74 Å². The third kappa shape index (κ3) is 35.5. The first-order valence-corrected chi connectivity index (χ1v) is 28.2. The van der Waals surface area contributed by atoms with Gasteiger partial charge in [-0.15, -0.1) is 0 Å². The van der Waals surface area contributed by atoms with Crippen LogP contribution in [0, 0.1) is 0 Å². The summed E-state index contributed by atoms with van der Waals surface area (Å²) in [7, 11) is 1.47. The van der Waals surface area contributed by atoms with Gasteiger partial charge < -0.3 is 19.4 Å². The first kappa shape index (κ1) is 60.3. The van der Waals surface area contributed by atoms with Crippen LogP contribution in [-0.2, 0) is 19.1 Å². The molecule has 1 aliphatic heterocycles. The van der Waals surface area contributed by atoms with Crippen molar-refractivity contribution in [3.63, 3.8) is 0 Å². The number of piperazine rings is 1. The lowest BCUT2D eigenvalue weighted by Gasteiger charge is -2.37. The van der Waals surface area contributed by atoms with Crippen LogP contribution >= 0.6 is 0 Å². The number of esters is 1. The summed E-state index contributed by atoms with van der Waals surface area (Å²) in [4.78, 5) is 50.9. The SMILES string of the molecule is CCCCCCCCCN(CCCCCCCC(=O)OC)CCN(CCCCCCCCC)CC(=O)N1CCN(C(=O)CN(CCCCCCCCC)CCCCCCCCC)CC1. The Labute approximate surface area is 398 Å². The highest BCUT2D eigenvalue weighted by Crippen LogP contribution is 2.15. The molecule has 1 heterocycles. The van der Waals surface area contributed by atoms with E-state index in [1.807, 2.05) is 9.80 Å². The van der Waals surface area contributed by atoms with E-state index in [0.29, 0.717) is 45.7 Å². The Balaban J connectivity index is 2.79. The number of rotatable bonds is 47. The summed E-state index contributed by atoms with van der Waals surface area (Å²) in [6.45, 7) is 20.0. The van der Waals surface area contributed by atoms with Crippen LogP contribution in [0.3, 0.4) is 0 Å². The van der Waals surface area contributed by atoms with Gasteiger partial charge in [0.2, 0.25) is 11.8 Å². The van der Waals surface area contributed by atoms with Crippen molar-refractivity contribution in [1.82, 2.24) is 24.5 Å². The molecule has 64 heavy (non-hydrogen) atoms. The third-order valence-electron chi connectivity index (χ3n) is 13.8. The van der Waals surface area contributed by atoms with E-state index >= 15 is 0 Å². The molecule has 0 aromatic carbocycles. The number of ether oxygens (including phenoxy) is 1. The Morgan fingerprint density at radius 2 is 0.594 bits per heavy atom. The highest BCUT2D eigenvalue weighted by atomic mass is 16.5. The van der Waals surface area contributed by atoms with Crippen molar-refractivity contribution in [2.24, 2.45) is 0 Å². The van der Waals surface area contributed by atoms with Crippen LogP contribution in [0.15, 0.2) is 0 Å². The molecule has 2 amide bonds. The number of nitrogens with zero attached hydrogens (tertiary/aromatic N) is 5. The summed E-state index contributed by atoms with van der Waals surface area (Å²) >= 11 is 0. The Morgan fingerprint density at radius 1 is 0.344 bits per heavy atom. The molecule has 0 aliphatic carbocycles. The maximum atomic E-state index is 14.0. The van der Waals surface area contributed by atoms with Crippen LogP contribution in [0.25, 0.3) is 0 Å². The van der Waals surface area contributed by atoms with Crippen molar-refractivity contribution >= 4 is 17.8 Å². The topological polar surface area (TPSA) is 76.6 Å². The predicted molar refractivity (Wildman–Crippen MR) is 274 cm³/mol. The Morgan fingerprint density at radius 3 is 0.906 bits per heavy atom. The maximum absolute atomic E-state index is 14.0. The highest BCUT2D eigenvalue weighted by Gasteiger charge is 2.26. The zero-order valence-electron chi connectivity index (χ0n) is 43.6. The van der Waals surface area contributed by atoms with Crippen molar-refractivity contribution < 1.29 is 19.1 Å². The lowest BCUT2D eigenvalue weighted by Crippen LogP contribution is -2.54. The Kier molecular flexibility index (Phi) is 42.5. The predicted octanol–water partition coefficient (Wildman–Crippen LogP) is 13.1. The number of unbranched alkanes of at least 4 members (excludes halogenated alkanes) is 28. The lowest BCUT2D eigenvalue weighted by molar-refractivity contribution is -0.140. The molecule has 9 nitrogen and oxygen atoms in total. The van der Waals surface area contributed by atoms with Crippen molar-refractivity contribution in [2.75, 3.05) is 92.2 Å². The Bertz CT molecular complexity index is 1040. The second-order valence-electron chi connectivity index (χ2n) is 19.7. The van der Waals surface area contributed by atoms with E-state index < -0.39 is 0 Å². The second-order valence-corrected chi connectivity index (χ2v) is 19.7. The van der Waals surface area contributed by atoms with E-state index in [1.165, 1.54) is 193 Å². The third-order valence-corrected chi connectivity index (χ3v) is 13.8. The minimum absolute atomic E-state index is 0.0991. The molecule has 0 atom stereocenters. The van der Waals surface area contributed by atoms with Gasteiger partial charge in [0.15, 0.2) is 0 Å². The number of hydrogen-bond acceptors (Lipinski definition) is 7. The molecule has 0 unspecified atom stereocenters. The molecule has 1 rings (SSSR count). The second kappa shape index (κ2) is 45.1. The van der Waals surface area contributed by atoms with Crippen molar-refractivity contribution in [3.8, 4) is 0 Å². The van der Waals surface area contributed by atoms with Crippen molar-refractivity contribution in [3.05, 3.63) is 0 Å². The first-order chi connectivity index (χ1) is 31.4. The first-order valence-electron chi connectivity index (χ1n) is 28.2. The molecule has 0 saturated carbocycles. The summed E-state index contributed by atoms with van der Waals surface area (Å²) in [5.41, 5.74) is 0. The van der Waals surface area contributed by atoms with Crippen LogP contribution in [0.4, 0.5) is 0 Å². The molecular formula is C55H109N5O4. The summed E-state index contributed by atoms with van der Waals surface area (Å²) in [6, 6.07) is 0. The van der Waals surface area contributed by atoms with Crippen molar-refractivity contribution in [1.29, 1.82) is 0 Å². The zero-order chi connectivity index (χ0) is 46.6. The number of hydrogen-bond donors (Lipinski definition) is 0. The largest absolute Gasteiger partial charge is 0.469 e. The molecule has 1 saturated heterocycles. The minimum atomic E-state index is -0.0991. The van der Waals surface area contributed by atoms with Gasteiger partial charge in [-0.05, 0) is 71.2 Å². The summed E-state index contributed by atoms with van der Waals surface area (Å²) in [5, 5.41) is 0. The smallest absolute Gasteiger partial charge is 0.305 e. The van der Waals surface area contributed by atoms with Gasteiger partial charge in [0, 0.05) is 45.7 Å². The van der Waals surface area contributed by atoms with E-state index in [0.717, 1.165) is 71.5 Å². The van der Waals surface area contributed by atoms with Gasteiger partial charge in [-0.2, -0.15) is 0 Å². The van der Waals surface area contributed by atoms with E-state index in [2.05, 4.69) is 42.4 Å². The van der Waals surface area contributed by atoms with E-state index in [-0.39, 0.29) is 17.8 Å². The fraction of sp³-hybridized carbons (Fsp3) is 0.945. The van der Waals surface area contributed by atoms with Gasteiger partial charge in [-0.1, -0.05) is 201 Å². The van der Waals surface area contributed by atoms with Crippen molar-refractivity contribution in [2.45, 2.75) is 246 Å². The average Bonchev–Trinajstić information content (AvgIpc) is 3.30. The van der Waals surface area contributed by atoms with Crippen LogP contribution in [0.1, 0.15) is 246 Å². The number of carbonyl (C=O) groups excluding carboxylic acids is 3. The minimum Gasteiger partial charge on any atom is -0.469 e. The van der Waals surface area contributed by atoms with Gasteiger partial charge in [0.25, 0.3) is 0 Å². The van der Waals surface area contributed by atoms with Crippen LogP contribution in [-0.4, -0.2) is 134 Å². The molecule has 0 aromatic rings. The van der Waals surface area contributed by atoms with Crippen LogP contribution < -0.4 is 0 Å². The number of methoxy groups -OCH3 is 1. The van der Waals surface area contributed by atoms with Gasteiger partial charge >= 0.3 is 5.97 Å². The van der Waals surface area contributed by atoms with Gasteiger partial charge in [0.05, 0.1) is 20.2 Å². The molecule has 378 valence electrons. The normalized spacial score (nSPS) is 13.2. The van der Waals surface area contributed by atoms with E-state index in [1.54, 1.807) is 0 Å². The molecule has 1 fully saturated rings. The number of amides is 2. The summed E-state index contributed by atoms with van der Waals surface area (Å²) in [5.74, 6) is 0.388. The summed E-state index contributed by atoms with van der Waals surface area (Å²) in [6.07, 6.45) is 42.4. The number of carbonyl (C=O) groups is 3. The van der Waals surface area contributed by atoms with Crippen LogP contribution in [0.2, 0.25) is 0 Å². The molecule has 0 spiro atoms. The lowest BCUT2D eigenvalue weighted by atomic mass is 10.1. The molecule has 0 bridgehead atoms. The average molecular weight is 905 g/mol. The fourth-order valence-corrected chi connectivity index (χ4v) is 9.35. The van der Waals surface area contributed by atoms with Gasteiger partial charge in [-0.3, -0.25) is 24.2 Å². The zero-order valence-corrected chi connectivity index (χ0v) is 43.6. The quantitative estimate of drug-likeness (QED) is 0.0445. The molecule has 0 aromatic heterocycles. The Hall–Kier alpha value is -1.71. The van der Waals surface area contributed by atoms with Gasteiger partial charge in [0.1, 0.15) is 0 Å². The highest BCUT2D eigenvalue weighted by molar-refractivity contribution is 5.80. The summed E-state index contributed by atoms with van der Waals surface area (Å²) < 4.78 is 4.82. The fourth-order valence-electron chi connectivity index (χ4n) is 9.35. The molecular weight excluding hydrogens is 795 g/mol.